The first-order chi connectivity index (χ1) is 13.2. The van der Waals surface area contributed by atoms with Crippen LogP contribution < -0.4 is 0 Å². The molecule has 27 heavy (non-hydrogen) atoms. The van der Waals surface area contributed by atoms with Crippen LogP contribution in [-0.2, 0) is 0 Å². The van der Waals surface area contributed by atoms with Gasteiger partial charge in [-0.05, 0) is 48.1 Å². The molecule has 1 aliphatic rings. The maximum atomic E-state index is 12.0. The number of H-pyrrole nitrogens is 1. The summed E-state index contributed by atoms with van der Waals surface area (Å²) in [6.07, 6.45) is 1.14. The minimum atomic E-state index is 0.0830. The van der Waals surface area contributed by atoms with Crippen LogP contribution in [0.2, 0.25) is 0 Å². The number of aromatic nitrogens is 2. The van der Waals surface area contributed by atoms with Gasteiger partial charge in [0.2, 0.25) is 0 Å². The maximum absolute atomic E-state index is 12.0. The first-order valence-electron chi connectivity index (χ1n) is 9.35. The van der Waals surface area contributed by atoms with E-state index in [4.69, 9.17) is 4.98 Å². The second-order valence-corrected chi connectivity index (χ2v) is 7.32. The quantitative estimate of drug-likeness (QED) is 0.479. The third-order valence-corrected chi connectivity index (χ3v) is 5.49. The summed E-state index contributed by atoms with van der Waals surface area (Å²) in [5.74, 6) is 2.17. The van der Waals surface area contributed by atoms with Crippen LogP contribution in [0.3, 0.4) is 0 Å². The minimum absolute atomic E-state index is 0.0830. The van der Waals surface area contributed by atoms with E-state index in [2.05, 4.69) is 47.4 Å². The smallest absolute Gasteiger partial charge is 0.160 e. The Morgan fingerprint density at radius 3 is 2.56 bits per heavy atom. The summed E-state index contributed by atoms with van der Waals surface area (Å²) in [6, 6.07) is 24.6. The predicted molar refractivity (Wildman–Crippen MR) is 108 cm³/mol. The lowest BCUT2D eigenvalue weighted by Crippen LogP contribution is -1.95. The van der Waals surface area contributed by atoms with E-state index in [1.54, 1.807) is 6.92 Å². The fraction of sp³-hybridized carbons (Fsp3) is 0.167. The topological polar surface area (TPSA) is 45.8 Å². The number of carbonyl (C=O) groups is 1. The largest absolute Gasteiger partial charge is 0.342 e. The molecule has 3 heteroatoms. The molecular weight excluding hydrogens is 332 g/mol. The van der Waals surface area contributed by atoms with Crippen molar-refractivity contribution in [3.63, 3.8) is 0 Å². The molecular formula is C24H20N2O. The maximum Gasteiger partial charge on any atom is 0.160 e. The summed E-state index contributed by atoms with van der Waals surface area (Å²) in [4.78, 5) is 20.3. The molecule has 0 amide bonds. The molecule has 1 N–H and O–H groups in total. The molecule has 2 unspecified atom stereocenters. The third-order valence-electron chi connectivity index (χ3n) is 5.49. The Balaban J connectivity index is 1.49. The van der Waals surface area contributed by atoms with Crippen LogP contribution in [0.25, 0.3) is 22.2 Å². The lowest BCUT2D eigenvalue weighted by atomic mass is 9.97. The highest BCUT2D eigenvalue weighted by Crippen LogP contribution is 2.53. The normalized spacial score (nSPS) is 18.6. The lowest BCUT2D eigenvalue weighted by molar-refractivity contribution is 0.101. The van der Waals surface area contributed by atoms with Gasteiger partial charge in [0.1, 0.15) is 5.82 Å². The van der Waals surface area contributed by atoms with Crippen molar-refractivity contribution in [1.82, 2.24) is 9.97 Å². The molecule has 132 valence electrons. The Bertz CT molecular complexity index is 1140. The number of nitrogens with zero attached hydrogens (tertiary/aromatic N) is 1. The van der Waals surface area contributed by atoms with Gasteiger partial charge in [0.05, 0.1) is 11.0 Å². The summed E-state index contributed by atoms with van der Waals surface area (Å²) in [5, 5.41) is 0. The zero-order valence-electron chi connectivity index (χ0n) is 15.1. The number of aromatic amines is 1. The number of fused-ring (bicyclic) bond motifs is 1. The van der Waals surface area contributed by atoms with E-state index in [-0.39, 0.29) is 5.78 Å². The predicted octanol–water partition coefficient (Wildman–Crippen LogP) is 5.70. The lowest BCUT2D eigenvalue weighted by Gasteiger charge is -2.06. The van der Waals surface area contributed by atoms with Crippen LogP contribution in [0, 0.1) is 0 Å². The van der Waals surface area contributed by atoms with E-state index in [1.807, 2.05) is 30.3 Å². The van der Waals surface area contributed by atoms with Gasteiger partial charge in [-0.2, -0.15) is 0 Å². The van der Waals surface area contributed by atoms with Crippen LogP contribution in [0.15, 0.2) is 72.8 Å². The molecule has 0 spiro atoms. The highest BCUT2D eigenvalue weighted by atomic mass is 16.1. The second kappa shape index (κ2) is 6.20. The Labute approximate surface area is 158 Å². The highest BCUT2D eigenvalue weighted by Gasteiger charge is 2.41. The van der Waals surface area contributed by atoms with E-state index in [1.165, 1.54) is 5.56 Å². The first-order valence-corrected chi connectivity index (χ1v) is 9.35. The molecule has 1 heterocycles. The average molecular weight is 352 g/mol. The summed E-state index contributed by atoms with van der Waals surface area (Å²) in [6.45, 7) is 1.61. The van der Waals surface area contributed by atoms with E-state index in [9.17, 15) is 4.79 Å². The number of hydrogen-bond acceptors (Lipinski definition) is 2. The third kappa shape index (κ3) is 2.85. The molecule has 1 aromatic heterocycles. The van der Waals surface area contributed by atoms with Crippen molar-refractivity contribution in [3.05, 3.63) is 89.7 Å². The number of hydrogen-bond donors (Lipinski definition) is 1. The summed E-state index contributed by atoms with van der Waals surface area (Å²) in [7, 11) is 0. The molecule has 0 bridgehead atoms. The monoisotopic (exact) mass is 352 g/mol. The number of carbonyl (C=O) groups excluding carboxylic acids is 1. The molecule has 0 saturated heterocycles. The molecule has 3 aromatic carbocycles. The summed E-state index contributed by atoms with van der Waals surface area (Å²) >= 11 is 0. The minimum Gasteiger partial charge on any atom is -0.342 e. The van der Waals surface area contributed by atoms with Crippen LogP contribution in [0.5, 0.6) is 0 Å². The average Bonchev–Trinajstić information content (AvgIpc) is 3.40. The zero-order chi connectivity index (χ0) is 18.4. The molecule has 4 aromatic rings. The van der Waals surface area contributed by atoms with Crippen molar-refractivity contribution in [1.29, 1.82) is 0 Å². The van der Waals surface area contributed by atoms with Crippen molar-refractivity contribution >= 4 is 16.8 Å². The number of ketones is 1. The van der Waals surface area contributed by atoms with Gasteiger partial charge in [0.25, 0.3) is 0 Å². The fourth-order valence-corrected chi connectivity index (χ4v) is 3.98. The Kier molecular flexibility index (Phi) is 3.68. The molecule has 1 fully saturated rings. The van der Waals surface area contributed by atoms with E-state index < -0.39 is 0 Å². The van der Waals surface area contributed by atoms with Gasteiger partial charge in [0.15, 0.2) is 5.78 Å². The molecule has 0 aliphatic heterocycles. The van der Waals surface area contributed by atoms with E-state index in [0.717, 1.165) is 40.0 Å². The Hall–Kier alpha value is -3.20. The highest BCUT2D eigenvalue weighted by molar-refractivity contribution is 6.01. The number of rotatable bonds is 4. The molecule has 1 aliphatic carbocycles. The van der Waals surface area contributed by atoms with Crippen molar-refractivity contribution in [2.75, 3.05) is 0 Å². The van der Waals surface area contributed by atoms with Gasteiger partial charge in [-0.1, -0.05) is 60.7 Å². The summed E-state index contributed by atoms with van der Waals surface area (Å²) in [5.41, 5.74) is 6.16. The van der Waals surface area contributed by atoms with E-state index in [0.29, 0.717) is 11.8 Å². The Morgan fingerprint density at radius 2 is 1.74 bits per heavy atom. The van der Waals surface area contributed by atoms with Gasteiger partial charge in [-0.3, -0.25) is 4.79 Å². The number of nitrogens with one attached hydrogen (secondary N) is 1. The zero-order valence-corrected chi connectivity index (χ0v) is 15.1. The van der Waals surface area contributed by atoms with Crippen molar-refractivity contribution in [3.8, 4) is 11.1 Å². The number of Topliss-reactive ketones (excluding diaryl/α,β-unsaturated/α-hetero) is 1. The SMILES string of the molecule is CC(=O)c1ccccc1-c1ccc2nc(C3CC3c3ccccc3)[nH]c2c1. The van der Waals surface area contributed by atoms with Crippen LogP contribution in [0.4, 0.5) is 0 Å². The first kappa shape index (κ1) is 16.0. The molecule has 2 atom stereocenters. The van der Waals surface area contributed by atoms with Crippen molar-refractivity contribution in [2.24, 2.45) is 0 Å². The van der Waals surface area contributed by atoms with Crippen LogP contribution >= 0.6 is 0 Å². The molecule has 0 radical (unpaired) electrons. The van der Waals surface area contributed by atoms with Crippen molar-refractivity contribution in [2.45, 2.75) is 25.2 Å². The number of benzene rings is 3. The van der Waals surface area contributed by atoms with Gasteiger partial charge in [-0.15, -0.1) is 0 Å². The number of imidazole rings is 1. The van der Waals surface area contributed by atoms with E-state index >= 15 is 0 Å². The van der Waals surface area contributed by atoms with Gasteiger partial charge < -0.3 is 4.98 Å². The standard InChI is InChI=1S/C24H20N2O/c1-15(27)18-9-5-6-10-19(18)17-11-12-22-23(13-17)26-24(25-22)21-14-20(21)16-7-3-2-4-8-16/h2-13,20-21H,14H2,1H3,(H,25,26). The molecule has 5 rings (SSSR count). The van der Waals surface area contributed by atoms with Gasteiger partial charge in [-0.25, -0.2) is 4.98 Å². The second-order valence-electron chi connectivity index (χ2n) is 7.32. The molecule has 1 saturated carbocycles. The summed E-state index contributed by atoms with van der Waals surface area (Å²) < 4.78 is 0. The van der Waals surface area contributed by atoms with Gasteiger partial charge in [0, 0.05) is 11.5 Å². The van der Waals surface area contributed by atoms with Crippen molar-refractivity contribution < 1.29 is 4.79 Å². The Morgan fingerprint density at radius 1 is 0.963 bits per heavy atom. The van der Waals surface area contributed by atoms with Crippen LogP contribution in [-0.4, -0.2) is 15.8 Å². The van der Waals surface area contributed by atoms with Gasteiger partial charge >= 0.3 is 0 Å². The fourth-order valence-electron chi connectivity index (χ4n) is 3.98. The molecule has 3 nitrogen and oxygen atoms in total. The van der Waals surface area contributed by atoms with Crippen LogP contribution in [0.1, 0.15) is 46.9 Å².